The molecule has 0 aliphatic heterocycles. The number of amides is 1. The van der Waals surface area contributed by atoms with E-state index in [9.17, 15) is 9.59 Å². The maximum atomic E-state index is 12.0. The summed E-state index contributed by atoms with van der Waals surface area (Å²) < 4.78 is 1.36. The Bertz CT molecular complexity index is 762. The van der Waals surface area contributed by atoms with E-state index in [2.05, 4.69) is 10.4 Å². The molecule has 0 saturated heterocycles. The van der Waals surface area contributed by atoms with Gasteiger partial charge in [0.2, 0.25) is 5.91 Å². The van der Waals surface area contributed by atoms with Gasteiger partial charge in [0.05, 0.1) is 5.69 Å². The maximum absolute atomic E-state index is 12.0. The summed E-state index contributed by atoms with van der Waals surface area (Å²) in [6.07, 6.45) is 5.66. The molecule has 0 aromatic carbocycles. The van der Waals surface area contributed by atoms with Crippen molar-refractivity contribution in [3.8, 4) is 0 Å². The van der Waals surface area contributed by atoms with Crippen molar-refractivity contribution in [3.63, 3.8) is 0 Å². The van der Waals surface area contributed by atoms with Gasteiger partial charge < -0.3 is 5.32 Å². The van der Waals surface area contributed by atoms with Gasteiger partial charge in [-0.3, -0.25) is 9.59 Å². The first-order chi connectivity index (χ1) is 10.6. The van der Waals surface area contributed by atoms with E-state index in [1.807, 2.05) is 23.6 Å². The molecule has 6 heteroatoms. The van der Waals surface area contributed by atoms with Crippen LogP contribution in [0.2, 0.25) is 0 Å². The standard InChI is InChI=1S/C16H17N3O2S/c1-19-16(21)10-11-9-12(4-6-14(11)18-19)17-15(20)7-5-13-3-2-8-22-13/h2-3,5,7-8,10,12H,4,6,9H2,1H3,(H,17,20). The quantitative estimate of drug-likeness (QED) is 0.874. The van der Waals surface area contributed by atoms with Crippen LogP contribution in [0, 0.1) is 0 Å². The molecular formula is C16H17N3O2S. The number of fused-ring (bicyclic) bond motifs is 1. The predicted molar refractivity (Wildman–Crippen MR) is 86.8 cm³/mol. The highest BCUT2D eigenvalue weighted by Crippen LogP contribution is 2.18. The van der Waals surface area contributed by atoms with Gasteiger partial charge in [-0.05, 0) is 42.3 Å². The lowest BCUT2D eigenvalue weighted by Crippen LogP contribution is -2.39. The Morgan fingerprint density at radius 1 is 1.55 bits per heavy atom. The number of carbonyl (C=O) groups excluding carboxylic acids is 1. The third kappa shape index (κ3) is 3.33. The van der Waals surface area contributed by atoms with E-state index in [-0.39, 0.29) is 17.5 Å². The van der Waals surface area contributed by atoms with Gasteiger partial charge in [-0.25, -0.2) is 4.68 Å². The summed E-state index contributed by atoms with van der Waals surface area (Å²) in [4.78, 5) is 24.7. The number of thiophene rings is 1. The van der Waals surface area contributed by atoms with Crippen LogP contribution in [-0.2, 0) is 24.7 Å². The van der Waals surface area contributed by atoms with Gasteiger partial charge in [-0.2, -0.15) is 5.10 Å². The van der Waals surface area contributed by atoms with E-state index >= 15 is 0 Å². The topological polar surface area (TPSA) is 64.0 Å². The molecule has 1 N–H and O–H groups in total. The zero-order chi connectivity index (χ0) is 15.5. The molecule has 2 aromatic heterocycles. The Labute approximate surface area is 132 Å². The van der Waals surface area contributed by atoms with Crippen LogP contribution in [0.5, 0.6) is 0 Å². The van der Waals surface area contributed by atoms with Crippen molar-refractivity contribution in [2.75, 3.05) is 0 Å². The Kier molecular flexibility index (Phi) is 4.20. The second-order valence-corrected chi connectivity index (χ2v) is 6.35. The van der Waals surface area contributed by atoms with Crippen molar-refractivity contribution < 1.29 is 4.79 Å². The Morgan fingerprint density at radius 3 is 3.18 bits per heavy atom. The number of hydrogen-bond donors (Lipinski definition) is 1. The molecule has 0 saturated carbocycles. The summed E-state index contributed by atoms with van der Waals surface area (Å²) in [6.45, 7) is 0. The van der Waals surface area contributed by atoms with Crippen LogP contribution in [0.4, 0.5) is 0 Å². The number of nitrogens with zero attached hydrogens (tertiary/aromatic N) is 2. The Hall–Kier alpha value is -2.21. The Balaban J connectivity index is 1.64. The molecule has 0 radical (unpaired) electrons. The maximum Gasteiger partial charge on any atom is 0.266 e. The molecule has 1 aliphatic carbocycles. The van der Waals surface area contributed by atoms with Gasteiger partial charge in [-0.1, -0.05) is 6.07 Å². The first kappa shape index (κ1) is 14.7. The lowest BCUT2D eigenvalue weighted by Gasteiger charge is -2.24. The van der Waals surface area contributed by atoms with E-state index in [1.54, 1.807) is 30.5 Å². The molecule has 0 fully saturated rings. The average Bonchev–Trinajstić information content (AvgIpc) is 3.00. The zero-order valence-electron chi connectivity index (χ0n) is 12.3. The van der Waals surface area contributed by atoms with Crippen LogP contribution in [0.3, 0.4) is 0 Å². The van der Waals surface area contributed by atoms with Gasteiger partial charge in [0.15, 0.2) is 0 Å². The second kappa shape index (κ2) is 6.27. The third-order valence-corrected chi connectivity index (χ3v) is 4.58. The van der Waals surface area contributed by atoms with Crippen molar-refractivity contribution in [3.05, 3.63) is 56.1 Å². The van der Waals surface area contributed by atoms with Gasteiger partial charge in [0, 0.05) is 30.1 Å². The van der Waals surface area contributed by atoms with Crippen LogP contribution < -0.4 is 10.9 Å². The van der Waals surface area contributed by atoms with E-state index in [1.165, 1.54) is 4.68 Å². The fourth-order valence-electron chi connectivity index (χ4n) is 2.60. The summed E-state index contributed by atoms with van der Waals surface area (Å²) in [5, 5.41) is 9.25. The summed E-state index contributed by atoms with van der Waals surface area (Å²) in [6, 6.07) is 5.60. The van der Waals surface area contributed by atoms with Crippen LogP contribution in [-0.4, -0.2) is 21.7 Å². The van der Waals surface area contributed by atoms with E-state index in [4.69, 9.17) is 0 Å². The predicted octanol–water partition coefficient (Wildman–Crippen LogP) is 1.53. The van der Waals surface area contributed by atoms with Crippen LogP contribution in [0.25, 0.3) is 6.08 Å². The Morgan fingerprint density at radius 2 is 2.41 bits per heavy atom. The van der Waals surface area contributed by atoms with Crippen molar-refractivity contribution in [1.29, 1.82) is 0 Å². The van der Waals surface area contributed by atoms with Gasteiger partial charge >= 0.3 is 0 Å². The molecule has 1 amide bonds. The molecule has 0 spiro atoms. The molecule has 3 rings (SSSR count). The van der Waals surface area contributed by atoms with Gasteiger partial charge in [0.1, 0.15) is 0 Å². The second-order valence-electron chi connectivity index (χ2n) is 5.38. The van der Waals surface area contributed by atoms with Gasteiger partial charge in [-0.15, -0.1) is 11.3 Å². The molecule has 1 atom stereocenters. The molecular weight excluding hydrogens is 298 g/mol. The highest BCUT2D eigenvalue weighted by molar-refractivity contribution is 7.10. The molecule has 114 valence electrons. The largest absolute Gasteiger partial charge is 0.349 e. The van der Waals surface area contributed by atoms with Crippen LogP contribution in [0.1, 0.15) is 22.6 Å². The lowest BCUT2D eigenvalue weighted by atomic mass is 9.92. The van der Waals surface area contributed by atoms with E-state index < -0.39 is 0 Å². The van der Waals surface area contributed by atoms with E-state index in [0.717, 1.165) is 29.0 Å². The minimum atomic E-state index is -0.108. The van der Waals surface area contributed by atoms with Crippen LogP contribution in [0.15, 0.2) is 34.4 Å². The summed E-state index contributed by atoms with van der Waals surface area (Å²) >= 11 is 1.59. The fourth-order valence-corrected chi connectivity index (χ4v) is 3.22. The molecule has 1 unspecified atom stereocenters. The SMILES string of the molecule is Cn1nc2c(cc1=O)CC(NC(=O)C=Cc1cccs1)CC2. The molecule has 2 heterocycles. The third-order valence-electron chi connectivity index (χ3n) is 3.74. The summed E-state index contributed by atoms with van der Waals surface area (Å²) in [5.41, 5.74) is 1.80. The van der Waals surface area contributed by atoms with Crippen molar-refractivity contribution in [1.82, 2.24) is 15.1 Å². The van der Waals surface area contributed by atoms with Crippen LogP contribution >= 0.6 is 11.3 Å². The number of nitrogens with one attached hydrogen (secondary N) is 1. The summed E-state index contributed by atoms with van der Waals surface area (Å²) in [5.74, 6) is -0.0985. The number of aryl methyl sites for hydroxylation is 2. The number of carbonyl (C=O) groups is 1. The highest BCUT2D eigenvalue weighted by atomic mass is 32.1. The molecule has 2 aromatic rings. The zero-order valence-corrected chi connectivity index (χ0v) is 13.1. The minimum Gasteiger partial charge on any atom is -0.349 e. The number of hydrogen-bond acceptors (Lipinski definition) is 4. The number of aromatic nitrogens is 2. The normalized spacial score (nSPS) is 17.4. The van der Waals surface area contributed by atoms with E-state index in [0.29, 0.717) is 6.42 Å². The van der Waals surface area contributed by atoms with Crippen molar-refractivity contribution in [2.24, 2.45) is 7.05 Å². The molecule has 0 bridgehead atoms. The monoisotopic (exact) mass is 315 g/mol. The van der Waals surface area contributed by atoms with Crippen molar-refractivity contribution >= 4 is 23.3 Å². The van der Waals surface area contributed by atoms with Gasteiger partial charge in [0.25, 0.3) is 5.56 Å². The van der Waals surface area contributed by atoms with Crippen molar-refractivity contribution in [2.45, 2.75) is 25.3 Å². The first-order valence-corrected chi connectivity index (χ1v) is 8.08. The molecule has 1 aliphatic rings. The first-order valence-electron chi connectivity index (χ1n) is 7.20. The average molecular weight is 315 g/mol. The molecule has 22 heavy (non-hydrogen) atoms. The highest BCUT2D eigenvalue weighted by Gasteiger charge is 2.21. The number of rotatable bonds is 3. The fraction of sp³-hybridized carbons (Fsp3) is 0.312. The smallest absolute Gasteiger partial charge is 0.266 e. The molecule has 5 nitrogen and oxygen atoms in total. The minimum absolute atomic E-state index is 0.0573. The lowest BCUT2D eigenvalue weighted by molar-refractivity contribution is -0.117. The summed E-state index contributed by atoms with van der Waals surface area (Å²) in [7, 11) is 1.66.